The standard InChI is InChI=1S/C20H27N3O2/c1-20(24)8-9-23(13-17-11-21-19(15-25-2)22-12-17)14-18(20)10-16-6-4-3-5-7-16/h3-7,11-12,18,24H,8-10,13-15H2,1-2H3/t18-,20+/m0/s1. The lowest BCUT2D eigenvalue weighted by atomic mass is 9.79. The Bertz CT molecular complexity index is 658. The van der Waals surface area contributed by atoms with Gasteiger partial charge in [-0.2, -0.15) is 0 Å². The average Bonchev–Trinajstić information content (AvgIpc) is 2.61. The van der Waals surface area contributed by atoms with E-state index in [9.17, 15) is 5.11 Å². The molecule has 1 aliphatic heterocycles. The second-order valence-electron chi connectivity index (χ2n) is 7.17. The van der Waals surface area contributed by atoms with Crippen molar-refractivity contribution < 1.29 is 9.84 Å². The van der Waals surface area contributed by atoms with Crippen molar-refractivity contribution in [3.8, 4) is 0 Å². The van der Waals surface area contributed by atoms with Crippen molar-refractivity contribution in [1.82, 2.24) is 14.9 Å². The van der Waals surface area contributed by atoms with Crippen molar-refractivity contribution in [2.45, 2.75) is 38.5 Å². The fraction of sp³-hybridized carbons (Fsp3) is 0.500. The van der Waals surface area contributed by atoms with E-state index in [1.54, 1.807) is 7.11 Å². The molecule has 134 valence electrons. The fourth-order valence-electron chi connectivity index (χ4n) is 3.44. The SMILES string of the molecule is COCc1ncc(CN2CC[C@@](C)(O)[C@@H](Cc3ccccc3)C2)cn1. The molecule has 0 bridgehead atoms. The number of aliphatic hydroxyl groups is 1. The molecule has 0 radical (unpaired) electrons. The van der Waals surface area contributed by atoms with Crippen LogP contribution in [0.2, 0.25) is 0 Å². The van der Waals surface area contributed by atoms with Crippen LogP contribution in [0.3, 0.4) is 0 Å². The summed E-state index contributed by atoms with van der Waals surface area (Å²) in [6, 6.07) is 10.4. The maximum atomic E-state index is 10.8. The number of methoxy groups -OCH3 is 1. The van der Waals surface area contributed by atoms with Crippen LogP contribution in [0.15, 0.2) is 42.7 Å². The highest BCUT2D eigenvalue weighted by Crippen LogP contribution is 2.31. The Morgan fingerprint density at radius 2 is 1.92 bits per heavy atom. The van der Waals surface area contributed by atoms with E-state index in [1.165, 1.54) is 5.56 Å². The monoisotopic (exact) mass is 341 g/mol. The van der Waals surface area contributed by atoms with E-state index in [-0.39, 0.29) is 5.92 Å². The van der Waals surface area contributed by atoms with Gasteiger partial charge in [0.1, 0.15) is 6.61 Å². The molecule has 5 heteroatoms. The van der Waals surface area contributed by atoms with Crippen molar-refractivity contribution >= 4 is 0 Å². The highest BCUT2D eigenvalue weighted by molar-refractivity contribution is 5.16. The number of hydrogen-bond donors (Lipinski definition) is 1. The van der Waals surface area contributed by atoms with E-state index in [1.807, 2.05) is 25.4 Å². The number of nitrogens with zero attached hydrogens (tertiary/aromatic N) is 3. The van der Waals surface area contributed by atoms with Gasteiger partial charge in [0.05, 0.1) is 5.60 Å². The van der Waals surface area contributed by atoms with Crippen molar-refractivity contribution in [3.63, 3.8) is 0 Å². The number of ether oxygens (including phenoxy) is 1. The summed E-state index contributed by atoms with van der Waals surface area (Å²) in [7, 11) is 1.64. The Morgan fingerprint density at radius 3 is 2.60 bits per heavy atom. The molecule has 0 aliphatic carbocycles. The zero-order valence-corrected chi connectivity index (χ0v) is 15.1. The second-order valence-corrected chi connectivity index (χ2v) is 7.17. The van der Waals surface area contributed by atoms with Crippen LogP contribution in [-0.2, 0) is 24.3 Å². The summed E-state index contributed by atoms with van der Waals surface area (Å²) < 4.78 is 5.05. The van der Waals surface area contributed by atoms with Crippen LogP contribution in [0.25, 0.3) is 0 Å². The smallest absolute Gasteiger partial charge is 0.153 e. The molecular formula is C20H27N3O2. The third-order valence-corrected chi connectivity index (χ3v) is 5.06. The van der Waals surface area contributed by atoms with Crippen LogP contribution >= 0.6 is 0 Å². The number of likely N-dealkylation sites (tertiary alicyclic amines) is 1. The van der Waals surface area contributed by atoms with E-state index >= 15 is 0 Å². The predicted molar refractivity (Wildman–Crippen MR) is 96.9 cm³/mol. The third kappa shape index (κ3) is 4.84. The first-order valence-corrected chi connectivity index (χ1v) is 8.84. The van der Waals surface area contributed by atoms with Gasteiger partial charge in [-0.15, -0.1) is 0 Å². The molecule has 1 N–H and O–H groups in total. The third-order valence-electron chi connectivity index (χ3n) is 5.06. The summed E-state index contributed by atoms with van der Waals surface area (Å²) in [5.41, 5.74) is 1.76. The highest BCUT2D eigenvalue weighted by atomic mass is 16.5. The lowest BCUT2D eigenvalue weighted by Gasteiger charge is -2.43. The number of rotatable bonds is 6. The summed E-state index contributed by atoms with van der Waals surface area (Å²) in [6.07, 6.45) is 5.43. The molecule has 1 aromatic heterocycles. The first kappa shape index (κ1) is 18.0. The molecule has 0 saturated carbocycles. The summed E-state index contributed by atoms with van der Waals surface area (Å²) in [6.45, 7) is 4.99. The largest absolute Gasteiger partial charge is 0.390 e. The molecule has 1 fully saturated rings. The zero-order valence-electron chi connectivity index (χ0n) is 15.1. The van der Waals surface area contributed by atoms with Crippen LogP contribution in [0.5, 0.6) is 0 Å². The maximum absolute atomic E-state index is 10.8. The molecule has 0 amide bonds. The van der Waals surface area contributed by atoms with Crippen LogP contribution in [0, 0.1) is 5.92 Å². The molecule has 0 unspecified atom stereocenters. The lowest BCUT2D eigenvalue weighted by molar-refractivity contribution is -0.0594. The highest BCUT2D eigenvalue weighted by Gasteiger charge is 2.37. The van der Waals surface area contributed by atoms with Gasteiger partial charge in [-0.1, -0.05) is 30.3 Å². The van der Waals surface area contributed by atoms with Gasteiger partial charge >= 0.3 is 0 Å². The predicted octanol–water partition coefficient (Wildman–Crippen LogP) is 2.44. The summed E-state index contributed by atoms with van der Waals surface area (Å²) in [5, 5.41) is 10.8. The number of aromatic nitrogens is 2. The topological polar surface area (TPSA) is 58.5 Å². The van der Waals surface area contributed by atoms with Gasteiger partial charge in [0.2, 0.25) is 0 Å². The van der Waals surface area contributed by atoms with Gasteiger partial charge in [-0.05, 0) is 25.3 Å². The molecule has 1 aromatic carbocycles. The van der Waals surface area contributed by atoms with Crippen LogP contribution in [-0.4, -0.2) is 45.8 Å². The molecule has 2 atom stereocenters. The Hall–Kier alpha value is -1.82. The second kappa shape index (κ2) is 8.04. The normalized spacial score (nSPS) is 24.4. The van der Waals surface area contributed by atoms with E-state index in [2.05, 4.69) is 39.1 Å². The van der Waals surface area contributed by atoms with Gasteiger partial charge in [0, 0.05) is 50.6 Å². The van der Waals surface area contributed by atoms with E-state index < -0.39 is 5.60 Å². The van der Waals surface area contributed by atoms with Gasteiger partial charge in [0.15, 0.2) is 5.82 Å². The fourth-order valence-corrected chi connectivity index (χ4v) is 3.44. The molecule has 5 nitrogen and oxygen atoms in total. The van der Waals surface area contributed by atoms with Crippen LogP contribution in [0.4, 0.5) is 0 Å². The molecule has 3 rings (SSSR count). The molecule has 2 heterocycles. The van der Waals surface area contributed by atoms with Gasteiger partial charge in [-0.3, -0.25) is 4.90 Å². The van der Waals surface area contributed by atoms with Crippen molar-refractivity contribution in [1.29, 1.82) is 0 Å². The van der Waals surface area contributed by atoms with Crippen LogP contribution in [0.1, 0.15) is 30.3 Å². The summed E-state index contributed by atoms with van der Waals surface area (Å²) >= 11 is 0. The first-order valence-electron chi connectivity index (χ1n) is 8.84. The van der Waals surface area contributed by atoms with Gasteiger partial charge in [0.25, 0.3) is 0 Å². The lowest BCUT2D eigenvalue weighted by Crippen LogP contribution is -2.50. The Balaban J connectivity index is 1.63. The molecule has 1 aliphatic rings. The number of benzene rings is 1. The minimum Gasteiger partial charge on any atom is -0.390 e. The number of piperidine rings is 1. The van der Waals surface area contributed by atoms with E-state index in [0.717, 1.165) is 38.0 Å². The van der Waals surface area contributed by atoms with Crippen molar-refractivity contribution in [2.24, 2.45) is 5.92 Å². The Morgan fingerprint density at radius 1 is 1.20 bits per heavy atom. The van der Waals surface area contributed by atoms with E-state index in [4.69, 9.17) is 4.74 Å². The van der Waals surface area contributed by atoms with Crippen LogP contribution < -0.4 is 0 Å². The molecule has 2 aromatic rings. The van der Waals surface area contributed by atoms with Gasteiger partial charge < -0.3 is 9.84 Å². The Labute approximate surface area is 149 Å². The molecular weight excluding hydrogens is 314 g/mol. The summed E-state index contributed by atoms with van der Waals surface area (Å²) in [5.74, 6) is 0.923. The first-order chi connectivity index (χ1) is 12.1. The quantitative estimate of drug-likeness (QED) is 0.874. The number of hydrogen-bond acceptors (Lipinski definition) is 5. The zero-order chi connectivity index (χ0) is 17.7. The van der Waals surface area contributed by atoms with Crippen molar-refractivity contribution in [2.75, 3.05) is 20.2 Å². The van der Waals surface area contributed by atoms with E-state index in [0.29, 0.717) is 12.4 Å². The minimum atomic E-state index is -0.620. The molecule has 0 spiro atoms. The summed E-state index contributed by atoms with van der Waals surface area (Å²) in [4.78, 5) is 11.1. The molecule has 1 saturated heterocycles. The minimum absolute atomic E-state index is 0.220. The Kier molecular flexibility index (Phi) is 5.78. The maximum Gasteiger partial charge on any atom is 0.153 e. The van der Waals surface area contributed by atoms with Crippen molar-refractivity contribution in [3.05, 3.63) is 59.7 Å². The molecule has 25 heavy (non-hydrogen) atoms. The van der Waals surface area contributed by atoms with Gasteiger partial charge in [-0.25, -0.2) is 9.97 Å². The average molecular weight is 341 g/mol.